The lowest BCUT2D eigenvalue weighted by Crippen LogP contribution is -2.17. The quantitative estimate of drug-likeness (QED) is 0.183. The number of para-hydroxylation sites is 2. The minimum atomic E-state index is -0.259. The Hall–Kier alpha value is -6.58. The molecule has 2 heterocycles. The maximum Gasteiger partial charge on any atom is 0.160 e. The minimum Gasteiger partial charge on any atom is -0.309 e. The van der Waals surface area contributed by atoms with Gasteiger partial charge in [-0.2, -0.15) is 0 Å². The van der Waals surface area contributed by atoms with Gasteiger partial charge in [0.2, 0.25) is 0 Å². The number of rotatable bonds is 5. The first-order chi connectivity index (χ1) is 25.5. The van der Waals surface area contributed by atoms with Crippen molar-refractivity contribution in [2.75, 3.05) is 0 Å². The van der Waals surface area contributed by atoms with Gasteiger partial charge in [0.15, 0.2) is 5.82 Å². The maximum atomic E-state index is 5.41. The van der Waals surface area contributed by atoms with Crippen molar-refractivity contribution in [2.24, 2.45) is 0 Å². The molecule has 0 aliphatic heterocycles. The van der Waals surface area contributed by atoms with E-state index in [1.165, 1.54) is 55.2 Å². The molecule has 3 heteroatoms. The van der Waals surface area contributed by atoms with E-state index in [-0.39, 0.29) is 5.41 Å². The Morgan fingerprint density at radius 3 is 1.83 bits per heavy atom. The van der Waals surface area contributed by atoms with Gasteiger partial charge in [0.05, 0.1) is 22.4 Å². The fraction of sp³-hybridized carbons (Fsp3) is 0.0612. The molecular weight excluding hydrogens is 631 g/mol. The Balaban J connectivity index is 1.13. The Labute approximate surface area is 303 Å². The summed E-state index contributed by atoms with van der Waals surface area (Å²) in [5.74, 6) is 0.737. The van der Waals surface area contributed by atoms with Crippen molar-refractivity contribution in [2.45, 2.75) is 19.3 Å². The van der Waals surface area contributed by atoms with Crippen LogP contribution >= 0.6 is 0 Å². The topological polar surface area (TPSA) is 30.7 Å². The van der Waals surface area contributed by atoms with Crippen LogP contribution in [0.25, 0.3) is 83.6 Å². The normalized spacial score (nSPS) is 13.0. The Morgan fingerprint density at radius 2 is 1.00 bits per heavy atom. The van der Waals surface area contributed by atoms with Gasteiger partial charge in [-0.25, -0.2) is 9.97 Å². The van der Waals surface area contributed by atoms with Crippen molar-refractivity contribution < 1.29 is 0 Å². The summed E-state index contributed by atoms with van der Waals surface area (Å²) in [6.45, 7) is 4.61. The maximum absolute atomic E-state index is 5.41. The Kier molecular flexibility index (Phi) is 6.84. The van der Waals surface area contributed by atoms with Gasteiger partial charge in [0, 0.05) is 44.1 Å². The van der Waals surface area contributed by atoms with Gasteiger partial charge in [-0.15, -0.1) is 0 Å². The van der Waals surface area contributed by atoms with Crippen LogP contribution in [0.4, 0.5) is 0 Å². The van der Waals surface area contributed by atoms with Crippen LogP contribution in [0.1, 0.15) is 25.0 Å². The predicted octanol–water partition coefficient (Wildman–Crippen LogP) is 12.5. The van der Waals surface area contributed by atoms with E-state index in [1.54, 1.807) is 0 Å². The van der Waals surface area contributed by atoms with Crippen LogP contribution in [-0.4, -0.2) is 14.5 Å². The molecule has 7 aromatic carbocycles. The monoisotopic (exact) mass is 665 g/mol. The first kappa shape index (κ1) is 30.3. The molecule has 9 aromatic rings. The summed E-state index contributed by atoms with van der Waals surface area (Å²) in [6.07, 6.45) is 0. The molecule has 0 amide bonds. The molecule has 0 atom stereocenters. The highest BCUT2D eigenvalue weighted by atomic mass is 15.0. The number of hydrogen-bond acceptors (Lipinski definition) is 2. The first-order valence-electron chi connectivity index (χ1n) is 17.9. The van der Waals surface area contributed by atoms with Gasteiger partial charge in [0.1, 0.15) is 0 Å². The zero-order valence-corrected chi connectivity index (χ0v) is 29.1. The second-order valence-electron chi connectivity index (χ2n) is 14.2. The van der Waals surface area contributed by atoms with Crippen LogP contribution in [0.2, 0.25) is 0 Å². The molecule has 1 aliphatic carbocycles. The predicted molar refractivity (Wildman–Crippen MR) is 216 cm³/mol. The fourth-order valence-corrected chi connectivity index (χ4v) is 8.25. The summed E-state index contributed by atoms with van der Waals surface area (Å²) in [5.41, 5.74) is 15.8. The van der Waals surface area contributed by atoms with Crippen LogP contribution in [-0.2, 0) is 5.41 Å². The third-order valence-corrected chi connectivity index (χ3v) is 10.8. The molecule has 0 unspecified atom stereocenters. The number of hydrogen-bond donors (Lipinski definition) is 0. The van der Waals surface area contributed by atoms with E-state index in [4.69, 9.17) is 9.97 Å². The molecule has 0 saturated heterocycles. The highest BCUT2D eigenvalue weighted by molar-refractivity contribution is 6.10. The van der Waals surface area contributed by atoms with Gasteiger partial charge in [0.25, 0.3) is 0 Å². The van der Waals surface area contributed by atoms with Gasteiger partial charge < -0.3 is 4.57 Å². The second kappa shape index (κ2) is 11.8. The molecule has 2 aromatic heterocycles. The van der Waals surface area contributed by atoms with Gasteiger partial charge in [-0.3, -0.25) is 0 Å². The van der Waals surface area contributed by atoms with E-state index in [1.807, 2.05) is 0 Å². The third-order valence-electron chi connectivity index (χ3n) is 10.8. The van der Waals surface area contributed by atoms with Crippen LogP contribution < -0.4 is 0 Å². The van der Waals surface area contributed by atoms with Crippen molar-refractivity contribution in [1.82, 2.24) is 14.5 Å². The summed E-state index contributed by atoms with van der Waals surface area (Å²) in [5, 5.41) is 2.48. The standard InChI is InChI=1S/C49H35N3/c1-49(2)42-22-11-9-21-40(42)47-45(49)46(50-48(51-47)34-26-24-33(25-27-34)32-14-5-3-6-15-32)37-17-13-16-35(30-37)36-28-29-44-41(31-36)39-20-10-12-23-43(39)52(44)38-18-7-4-8-19-38/h3-31H,1-2H3. The molecule has 3 nitrogen and oxygen atoms in total. The van der Waals surface area contributed by atoms with E-state index >= 15 is 0 Å². The van der Waals surface area contributed by atoms with Crippen molar-refractivity contribution in [1.29, 1.82) is 0 Å². The summed E-state index contributed by atoms with van der Waals surface area (Å²) in [6, 6.07) is 62.9. The number of benzene rings is 7. The minimum absolute atomic E-state index is 0.259. The van der Waals surface area contributed by atoms with Gasteiger partial charge in [-0.1, -0.05) is 153 Å². The molecule has 0 spiro atoms. The zero-order chi connectivity index (χ0) is 34.8. The molecule has 0 N–H and O–H groups in total. The van der Waals surface area contributed by atoms with Crippen molar-refractivity contribution in [3.8, 4) is 61.8 Å². The zero-order valence-electron chi connectivity index (χ0n) is 29.1. The molecule has 1 aliphatic rings. The smallest absolute Gasteiger partial charge is 0.160 e. The van der Waals surface area contributed by atoms with Gasteiger partial charge >= 0.3 is 0 Å². The second-order valence-corrected chi connectivity index (χ2v) is 14.2. The molecule has 10 rings (SSSR count). The van der Waals surface area contributed by atoms with Crippen molar-refractivity contribution in [3.05, 3.63) is 187 Å². The molecular formula is C49H35N3. The van der Waals surface area contributed by atoms with E-state index in [0.29, 0.717) is 0 Å². The number of aromatic nitrogens is 3. The van der Waals surface area contributed by atoms with Crippen LogP contribution in [0.3, 0.4) is 0 Å². The summed E-state index contributed by atoms with van der Waals surface area (Å²) >= 11 is 0. The number of fused-ring (bicyclic) bond motifs is 6. The molecule has 52 heavy (non-hydrogen) atoms. The van der Waals surface area contributed by atoms with E-state index < -0.39 is 0 Å². The van der Waals surface area contributed by atoms with Gasteiger partial charge in [-0.05, 0) is 64.2 Å². The largest absolute Gasteiger partial charge is 0.309 e. The van der Waals surface area contributed by atoms with Crippen molar-refractivity contribution >= 4 is 21.8 Å². The number of nitrogens with zero attached hydrogens (tertiary/aromatic N) is 3. The van der Waals surface area contributed by atoms with Crippen LogP contribution in [0.15, 0.2) is 176 Å². The van der Waals surface area contributed by atoms with Crippen molar-refractivity contribution in [3.63, 3.8) is 0 Å². The SMILES string of the molecule is CC1(C)c2ccccc2-c2nc(-c3ccc(-c4ccccc4)cc3)nc(-c3cccc(-c4ccc5c(c4)c4ccccc4n5-c4ccccc4)c3)c21. The van der Waals surface area contributed by atoms with E-state index in [9.17, 15) is 0 Å². The first-order valence-corrected chi connectivity index (χ1v) is 17.9. The molecule has 0 bridgehead atoms. The lowest BCUT2D eigenvalue weighted by molar-refractivity contribution is 0.658. The highest BCUT2D eigenvalue weighted by Crippen LogP contribution is 2.51. The average molecular weight is 666 g/mol. The summed E-state index contributed by atoms with van der Waals surface area (Å²) < 4.78 is 2.36. The fourth-order valence-electron chi connectivity index (χ4n) is 8.25. The Morgan fingerprint density at radius 1 is 0.423 bits per heavy atom. The Bertz CT molecular complexity index is 2790. The van der Waals surface area contributed by atoms with E-state index in [0.717, 1.165) is 39.6 Å². The summed E-state index contributed by atoms with van der Waals surface area (Å²) in [4.78, 5) is 10.7. The summed E-state index contributed by atoms with van der Waals surface area (Å²) in [7, 11) is 0. The highest BCUT2D eigenvalue weighted by Gasteiger charge is 2.40. The molecule has 246 valence electrons. The lowest BCUT2D eigenvalue weighted by atomic mass is 9.80. The van der Waals surface area contributed by atoms with Crippen LogP contribution in [0.5, 0.6) is 0 Å². The van der Waals surface area contributed by atoms with Crippen LogP contribution in [0, 0.1) is 0 Å². The van der Waals surface area contributed by atoms with E-state index in [2.05, 4.69) is 194 Å². The molecule has 0 fully saturated rings. The lowest BCUT2D eigenvalue weighted by Gasteiger charge is -2.24. The molecule has 0 saturated carbocycles. The average Bonchev–Trinajstić information content (AvgIpc) is 3.66. The third kappa shape index (κ3) is 4.74. The molecule has 0 radical (unpaired) electrons.